The normalized spacial score (nSPS) is 12.9. The van der Waals surface area contributed by atoms with E-state index in [2.05, 4.69) is 0 Å². The summed E-state index contributed by atoms with van der Waals surface area (Å²) >= 11 is 0. The first kappa shape index (κ1) is 20.6. The molecule has 0 aliphatic heterocycles. The summed E-state index contributed by atoms with van der Waals surface area (Å²) in [7, 11) is 1.34. The van der Waals surface area contributed by atoms with Crippen molar-refractivity contribution in [2.75, 3.05) is 13.7 Å². The number of carbonyl (C=O) groups excluding carboxylic acids is 2. The third-order valence-electron chi connectivity index (χ3n) is 4.48. The van der Waals surface area contributed by atoms with Gasteiger partial charge < -0.3 is 9.64 Å². The maximum atomic E-state index is 13.4. The second kappa shape index (κ2) is 9.86. The molecule has 0 heterocycles. The predicted molar refractivity (Wildman–Crippen MR) is 102 cm³/mol. The Bertz CT molecular complexity index is 763. The van der Waals surface area contributed by atoms with E-state index in [0.29, 0.717) is 13.0 Å². The van der Waals surface area contributed by atoms with E-state index in [0.717, 1.165) is 11.1 Å². The molecule has 144 valence electrons. The fraction of sp³-hybridized carbons (Fsp3) is 0.364. The van der Waals surface area contributed by atoms with Gasteiger partial charge in [0.05, 0.1) is 13.0 Å². The lowest BCUT2D eigenvalue weighted by atomic mass is 9.98. The van der Waals surface area contributed by atoms with Gasteiger partial charge in [-0.3, -0.25) is 9.59 Å². The van der Waals surface area contributed by atoms with Crippen molar-refractivity contribution >= 4 is 11.9 Å². The maximum Gasteiger partial charge on any atom is 0.310 e. The Labute approximate surface area is 159 Å². The SMILES string of the molecule is COC(=O)C(C)CN(Cc1ccccc1)C(=O)C(C)Cc1cccc(F)c1. The van der Waals surface area contributed by atoms with Crippen molar-refractivity contribution in [1.82, 2.24) is 4.90 Å². The van der Waals surface area contributed by atoms with Gasteiger partial charge in [-0.05, 0) is 29.7 Å². The van der Waals surface area contributed by atoms with Crippen LogP contribution in [0.25, 0.3) is 0 Å². The standard InChI is InChI=1S/C22H26FNO3/c1-16(12-19-10-7-11-20(23)13-19)21(25)24(14-17(2)22(26)27-3)15-18-8-5-4-6-9-18/h4-11,13,16-17H,12,14-15H2,1-3H3. The van der Waals surface area contributed by atoms with Crippen molar-refractivity contribution in [2.45, 2.75) is 26.8 Å². The minimum absolute atomic E-state index is 0.0705. The summed E-state index contributed by atoms with van der Waals surface area (Å²) < 4.78 is 18.2. The third-order valence-corrected chi connectivity index (χ3v) is 4.48. The van der Waals surface area contributed by atoms with Gasteiger partial charge in [0.25, 0.3) is 0 Å². The monoisotopic (exact) mass is 371 g/mol. The quantitative estimate of drug-likeness (QED) is 0.663. The van der Waals surface area contributed by atoms with Crippen LogP contribution in [0.15, 0.2) is 54.6 Å². The molecule has 0 bridgehead atoms. The number of nitrogens with zero attached hydrogens (tertiary/aromatic N) is 1. The zero-order chi connectivity index (χ0) is 19.8. The molecular weight excluding hydrogens is 345 g/mol. The zero-order valence-corrected chi connectivity index (χ0v) is 16.0. The summed E-state index contributed by atoms with van der Waals surface area (Å²) in [5, 5.41) is 0. The highest BCUT2D eigenvalue weighted by Crippen LogP contribution is 2.17. The molecule has 2 rings (SSSR count). The van der Waals surface area contributed by atoms with Crippen molar-refractivity contribution in [3.63, 3.8) is 0 Å². The van der Waals surface area contributed by atoms with Crippen LogP contribution in [-0.4, -0.2) is 30.4 Å². The number of halogens is 1. The third kappa shape index (κ3) is 6.20. The van der Waals surface area contributed by atoms with Crippen LogP contribution in [0.3, 0.4) is 0 Å². The fourth-order valence-corrected chi connectivity index (χ4v) is 3.06. The molecule has 4 nitrogen and oxygen atoms in total. The van der Waals surface area contributed by atoms with Gasteiger partial charge >= 0.3 is 5.97 Å². The average molecular weight is 371 g/mol. The fourth-order valence-electron chi connectivity index (χ4n) is 3.06. The molecule has 2 unspecified atom stereocenters. The summed E-state index contributed by atoms with van der Waals surface area (Å²) in [6.07, 6.45) is 0.439. The molecule has 0 saturated heterocycles. The van der Waals surface area contributed by atoms with Crippen molar-refractivity contribution in [3.8, 4) is 0 Å². The van der Waals surface area contributed by atoms with Crippen LogP contribution >= 0.6 is 0 Å². The number of carbonyl (C=O) groups is 2. The lowest BCUT2D eigenvalue weighted by Gasteiger charge is -2.28. The number of methoxy groups -OCH3 is 1. The van der Waals surface area contributed by atoms with Gasteiger partial charge in [-0.2, -0.15) is 0 Å². The van der Waals surface area contributed by atoms with E-state index in [9.17, 15) is 14.0 Å². The highest BCUT2D eigenvalue weighted by molar-refractivity contribution is 5.80. The molecule has 0 aliphatic carbocycles. The van der Waals surface area contributed by atoms with Crippen LogP contribution in [0, 0.1) is 17.7 Å². The molecule has 2 aromatic carbocycles. The lowest BCUT2D eigenvalue weighted by Crippen LogP contribution is -2.40. The van der Waals surface area contributed by atoms with Gasteiger partial charge in [0.2, 0.25) is 5.91 Å². The Hall–Kier alpha value is -2.69. The minimum Gasteiger partial charge on any atom is -0.469 e. The van der Waals surface area contributed by atoms with E-state index >= 15 is 0 Å². The predicted octanol–water partition coefficient (Wildman–Crippen LogP) is 3.84. The Morgan fingerprint density at radius 3 is 2.30 bits per heavy atom. The van der Waals surface area contributed by atoms with Gasteiger partial charge in [0.1, 0.15) is 5.82 Å². The smallest absolute Gasteiger partial charge is 0.310 e. The molecule has 0 spiro atoms. The zero-order valence-electron chi connectivity index (χ0n) is 16.0. The number of esters is 1. The Balaban J connectivity index is 2.14. The molecule has 2 aromatic rings. The Morgan fingerprint density at radius 2 is 1.67 bits per heavy atom. The summed E-state index contributed by atoms with van der Waals surface area (Å²) in [5.74, 6) is -1.49. The first-order valence-electron chi connectivity index (χ1n) is 9.05. The van der Waals surface area contributed by atoms with E-state index in [-0.39, 0.29) is 30.2 Å². The number of hydrogen-bond acceptors (Lipinski definition) is 3. The highest BCUT2D eigenvalue weighted by atomic mass is 19.1. The van der Waals surface area contributed by atoms with Crippen LogP contribution in [0.5, 0.6) is 0 Å². The molecule has 5 heteroatoms. The number of ether oxygens (including phenoxy) is 1. The second-order valence-corrected chi connectivity index (χ2v) is 6.86. The summed E-state index contributed by atoms with van der Waals surface area (Å²) in [4.78, 5) is 26.6. The van der Waals surface area contributed by atoms with Gasteiger partial charge in [-0.15, -0.1) is 0 Å². The van der Waals surface area contributed by atoms with E-state index in [4.69, 9.17) is 4.74 Å². The van der Waals surface area contributed by atoms with Gasteiger partial charge in [-0.25, -0.2) is 4.39 Å². The topological polar surface area (TPSA) is 46.6 Å². The molecule has 0 radical (unpaired) electrons. The maximum absolute atomic E-state index is 13.4. The lowest BCUT2D eigenvalue weighted by molar-refractivity contribution is -0.147. The summed E-state index contributed by atoms with van der Waals surface area (Å²) in [5.41, 5.74) is 1.76. The molecule has 0 aromatic heterocycles. The van der Waals surface area contributed by atoms with Crippen molar-refractivity contribution in [2.24, 2.45) is 11.8 Å². The molecule has 0 aliphatic rings. The van der Waals surface area contributed by atoms with Crippen molar-refractivity contribution in [1.29, 1.82) is 0 Å². The summed E-state index contributed by atoms with van der Waals surface area (Å²) in [6, 6.07) is 15.9. The Morgan fingerprint density at radius 1 is 1.00 bits per heavy atom. The Kier molecular flexibility index (Phi) is 7.53. The van der Waals surface area contributed by atoms with E-state index in [1.54, 1.807) is 17.9 Å². The van der Waals surface area contributed by atoms with Crippen LogP contribution in [0.2, 0.25) is 0 Å². The van der Waals surface area contributed by atoms with Crippen molar-refractivity contribution < 1.29 is 18.7 Å². The molecule has 27 heavy (non-hydrogen) atoms. The number of amides is 1. The van der Waals surface area contributed by atoms with Gasteiger partial charge in [0.15, 0.2) is 0 Å². The number of benzene rings is 2. The van der Waals surface area contributed by atoms with Crippen molar-refractivity contribution in [3.05, 3.63) is 71.5 Å². The largest absolute Gasteiger partial charge is 0.469 e. The molecule has 0 saturated carbocycles. The second-order valence-electron chi connectivity index (χ2n) is 6.86. The molecule has 0 fully saturated rings. The molecule has 1 amide bonds. The van der Waals surface area contributed by atoms with Crippen LogP contribution in [-0.2, 0) is 27.3 Å². The number of rotatable bonds is 8. The van der Waals surface area contributed by atoms with Crippen LogP contribution < -0.4 is 0 Å². The first-order valence-corrected chi connectivity index (χ1v) is 9.05. The van der Waals surface area contributed by atoms with Crippen LogP contribution in [0.1, 0.15) is 25.0 Å². The van der Waals surface area contributed by atoms with E-state index < -0.39 is 5.92 Å². The molecule has 2 atom stereocenters. The van der Waals surface area contributed by atoms with Gasteiger partial charge in [-0.1, -0.05) is 56.3 Å². The van der Waals surface area contributed by atoms with Gasteiger partial charge in [0, 0.05) is 19.0 Å². The first-order chi connectivity index (χ1) is 12.9. The molecule has 0 N–H and O–H groups in total. The summed E-state index contributed by atoms with van der Waals surface area (Å²) in [6.45, 7) is 4.25. The molecular formula is C22H26FNO3. The van der Waals surface area contributed by atoms with Crippen LogP contribution in [0.4, 0.5) is 4.39 Å². The van der Waals surface area contributed by atoms with E-state index in [1.165, 1.54) is 19.2 Å². The average Bonchev–Trinajstić information content (AvgIpc) is 2.66. The van der Waals surface area contributed by atoms with E-state index in [1.807, 2.05) is 43.3 Å². The highest BCUT2D eigenvalue weighted by Gasteiger charge is 2.25. The minimum atomic E-state index is -0.427. The number of hydrogen-bond donors (Lipinski definition) is 0.